The predicted molar refractivity (Wildman–Crippen MR) is 136 cm³/mol. The molecule has 11 nitrogen and oxygen atoms in total. The summed E-state index contributed by atoms with van der Waals surface area (Å²) in [5, 5.41) is 21.8. The average molecular weight is 578 g/mol. The summed E-state index contributed by atoms with van der Waals surface area (Å²) >= 11 is 6.33. The van der Waals surface area contributed by atoms with Gasteiger partial charge in [-0.25, -0.2) is 12.8 Å². The van der Waals surface area contributed by atoms with Gasteiger partial charge < -0.3 is 14.7 Å². The highest BCUT2D eigenvalue weighted by Gasteiger charge is 2.52. The van der Waals surface area contributed by atoms with Crippen LogP contribution in [-0.4, -0.2) is 59.2 Å². The van der Waals surface area contributed by atoms with Gasteiger partial charge in [-0.05, 0) is 47.5 Å². The molecule has 0 spiro atoms. The molecule has 1 heterocycles. The number of carbonyl (C=O) groups excluding carboxylic acids is 1. The summed E-state index contributed by atoms with van der Waals surface area (Å²) in [4.78, 5) is 37.2. The zero-order chi connectivity index (χ0) is 28.5. The van der Waals surface area contributed by atoms with E-state index in [1.807, 2.05) is 0 Å². The monoisotopic (exact) mass is 577 g/mol. The number of para-hydroxylation sites is 1. The molecular weight excluding hydrogens is 557 g/mol. The lowest BCUT2D eigenvalue weighted by Crippen LogP contribution is -2.61. The number of carboxylic acids is 1. The molecule has 0 bridgehead atoms. The Morgan fingerprint density at radius 1 is 1.18 bits per heavy atom. The van der Waals surface area contributed by atoms with Crippen molar-refractivity contribution >= 4 is 39.2 Å². The molecule has 0 aromatic heterocycles. The van der Waals surface area contributed by atoms with Gasteiger partial charge in [0.1, 0.15) is 17.6 Å². The Bertz CT molecular complexity index is 1550. The molecule has 0 radical (unpaired) electrons. The van der Waals surface area contributed by atoms with Crippen LogP contribution >= 0.6 is 11.6 Å². The van der Waals surface area contributed by atoms with Gasteiger partial charge in [0.2, 0.25) is 5.91 Å². The molecule has 3 aromatic carbocycles. The molecule has 2 unspecified atom stereocenters. The minimum absolute atomic E-state index is 0.106. The number of amides is 1. The van der Waals surface area contributed by atoms with Crippen molar-refractivity contribution in [2.75, 3.05) is 13.7 Å². The Kier molecular flexibility index (Phi) is 7.86. The summed E-state index contributed by atoms with van der Waals surface area (Å²) in [6, 6.07) is 10.4. The van der Waals surface area contributed by atoms with Crippen molar-refractivity contribution in [3.05, 3.63) is 98.8 Å². The van der Waals surface area contributed by atoms with Crippen LogP contribution in [0.15, 0.2) is 71.6 Å². The van der Waals surface area contributed by atoms with Crippen molar-refractivity contribution in [2.45, 2.75) is 23.5 Å². The number of rotatable bonds is 8. The maximum atomic E-state index is 14.4. The van der Waals surface area contributed by atoms with E-state index >= 15 is 0 Å². The number of piperazine rings is 1. The lowest BCUT2D eigenvalue weighted by atomic mass is 9.94. The van der Waals surface area contributed by atoms with Gasteiger partial charge >= 0.3 is 5.97 Å². The number of aliphatic carboxylic acids is 1. The summed E-state index contributed by atoms with van der Waals surface area (Å²) < 4.78 is 47.3. The van der Waals surface area contributed by atoms with Gasteiger partial charge in [-0.3, -0.25) is 19.7 Å². The lowest BCUT2D eigenvalue weighted by molar-refractivity contribution is -0.387. The third-order valence-electron chi connectivity index (χ3n) is 6.25. The Morgan fingerprint density at radius 3 is 2.46 bits per heavy atom. The van der Waals surface area contributed by atoms with E-state index in [0.717, 1.165) is 35.2 Å². The molecule has 39 heavy (non-hydrogen) atoms. The van der Waals surface area contributed by atoms with E-state index in [0.29, 0.717) is 15.6 Å². The van der Waals surface area contributed by atoms with Gasteiger partial charge in [0.15, 0.2) is 4.90 Å². The van der Waals surface area contributed by atoms with Crippen molar-refractivity contribution in [2.24, 2.45) is 0 Å². The molecule has 0 aliphatic carbocycles. The van der Waals surface area contributed by atoms with Crippen LogP contribution in [0.2, 0.25) is 5.02 Å². The van der Waals surface area contributed by atoms with E-state index in [-0.39, 0.29) is 17.1 Å². The first-order chi connectivity index (χ1) is 18.4. The Labute approximate surface area is 227 Å². The zero-order valence-corrected chi connectivity index (χ0v) is 21.8. The summed E-state index contributed by atoms with van der Waals surface area (Å²) in [7, 11) is -3.46. The van der Waals surface area contributed by atoms with Crippen LogP contribution in [0.4, 0.5) is 10.1 Å². The van der Waals surface area contributed by atoms with Crippen LogP contribution in [0, 0.1) is 15.9 Å². The summed E-state index contributed by atoms with van der Waals surface area (Å²) in [5.74, 6) is -2.77. The number of sulfonamides is 1. The van der Waals surface area contributed by atoms with Gasteiger partial charge in [-0.1, -0.05) is 35.9 Å². The summed E-state index contributed by atoms with van der Waals surface area (Å²) in [6.07, 6.45) is 0. The van der Waals surface area contributed by atoms with Gasteiger partial charge in [-0.2, -0.15) is 4.31 Å². The number of ether oxygens (including phenoxy) is 1. The van der Waals surface area contributed by atoms with E-state index in [1.165, 1.54) is 19.2 Å². The fourth-order valence-electron chi connectivity index (χ4n) is 4.44. The maximum absolute atomic E-state index is 14.4. The van der Waals surface area contributed by atoms with E-state index < -0.39 is 61.9 Å². The molecule has 1 fully saturated rings. The van der Waals surface area contributed by atoms with Crippen LogP contribution in [-0.2, 0) is 26.2 Å². The molecule has 3 aromatic rings. The number of carboxylic acid groups (broad SMARTS) is 1. The van der Waals surface area contributed by atoms with Crippen molar-refractivity contribution in [1.82, 2.24) is 9.21 Å². The zero-order valence-electron chi connectivity index (χ0n) is 20.2. The number of hydrogen-bond acceptors (Lipinski definition) is 7. The standard InChI is InChI=1S/C25H21ClFN3O8S/c1-38-17-9-6-15(7-10-17)13-28-22(31)14-29(39(36,37)21-5-3-2-4-20(21)30(34)35)24(25(32)33)23(28)18-12-16(27)8-11-19(18)26/h2-12,23-24H,13-14H2,1H3,(H,32,33). The van der Waals surface area contributed by atoms with Crippen LogP contribution in [0.25, 0.3) is 0 Å². The van der Waals surface area contributed by atoms with Gasteiger partial charge in [0.05, 0.1) is 24.6 Å². The smallest absolute Gasteiger partial charge is 0.324 e. The number of carbonyl (C=O) groups is 2. The predicted octanol–water partition coefficient (Wildman–Crippen LogP) is 3.62. The van der Waals surface area contributed by atoms with Crippen LogP contribution in [0.3, 0.4) is 0 Å². The van der Waals surface area contributed by atoms with Crippen molar-refractivity contribution in [3.8, 4) is 5.75 Å². The fourth-order valence-corrected chi connectivity index (χ4v) is 6.37. The highest BCUT2D eigenvalue weighted by molar-refractivity contribution is 7.89. The minimum Gasteiger partial charge on any atom is -0.497 e. The van der Waals surface area contributed by atoms with Crippen LogP contribution < -0.4 is 4.74 Å². The van der Waals surface area contributed by atoms with Crippen LogP contribution in [0.5, 0.6) is 5.75 Å². The fraction of sp³-hybridized carbons (Fsp3) is 0.200. The molecule has 2 atom stereocenters. The number of nitro benzene ring substituents is 1. The Hall–Kier alpha value is -4.07. The van der Waals surface area contributed by atoms with Crippen LogP contribution in [0.1, 0.15) is 17.2 Å². The van der Waals surface area contributed by atoms with Crippen molar-refractivity contribution in [3.63, 3.8) is 0 Å². The first-order valence-corrected chi connectivity index (χ1v) is 13.1. The van der Waals surface area contributed by atoms with Crippen molar-refractivity contribution in [1.29, 1.82) is 0 Å². The number of nitrogens with zero attached hydrogens (tertiary/aromatic N) is 3. The average Bonchev–Trinajstić information content (AvgIpc) is 2.91. The largest absolute Gasteiger partial charge is 0.497 e. The second-order valence-electron chi connectivity index (χ2n) is 8.54. The Balaban J connectivity index is 1.90. The molecule has 1 N–H and O–H groups in total. The van der Waals surface area contributed by atoms with E-state index in [2.05, 4.69) is 0 Å². The number of nitro groups is 1. The highest BCUT2D eigenvalue weighted by Crippen LogP contribution is 2.40. The molecule has 4 rings (SSSR count). The third kappa shape index (κ3) is 5.41. The molecule has 1 saturated heterocycles. The lowest BCUT2D eigenvalue weighted by Gasteiger charge is -2.45. The maximum Gasteiger partial charge on any atom is 0.324 e. The number of hydrogen-bond donors (Lipinski definition) is 1. The Morgan fingerprint density at radius 2 is 1.85 bits per heavy atom. The summed E-state index contributed by atoms with van der Waals surface area (Å²) in [5.41, 5.74) is -0.399. The van der Waals surface area contributed by atoms with Gasteiger partial charge in [-0.15, -0.1) is 0 Å². The first kappa shape index (κ1) is 28.0. The SMILES string of the molecule is COc1ccc(CN2C(=O)CN(S(=O)(=O)c3ccccc3[N+](=O)[O-])C(C(=O)O)C2c2cc(F)ccc2Cl)cc1. The number of benzene rings is 3. The van der Waals surface area contributed by atoms with E-state index in [1.54, 1.807) is 24.3 Å². The van der Waals surface area contributed by atoms with Crippen molar-refractivity contribution < 1.29 is 37.2 Å². The summed E-state index contributed by atoms with van der Waals surface area (Å²) in [6.45, 7) is -1.12. The third-order valence-corrected chi connectivity index (χ3v) is 8.47. The number of methoxy groups -OCH3 is 1. The second-order valence-corrected chi connectivity index (χ2v) is 10.8. The molecule has 204 valence electrons. The molecule has 14 heteroatoms. The first-order valence-electron chi connectivity index (χ1n) is 11.3. The van der Waals surface area contributed by atoms with Gasteiger partial charge in [0, 0.05) is 17.6 Å². The van der Waals surface area contributed by atoms with E-state index in [9.17, 15) is 37.6 Å². The molecule has 1 aliphatic rings. The molecule has 0 saturated carbocycles. The highest BCUT2D eigenvalue weighted by atomic mass is 35.5. The minimum atomic E-state index is -4.92. The number of halogens is 2. The molecule has 1 aliphatic heterocycles. The van der Waals surface area contributed by atoms with Gasteiger partial charge in [0.25, 0.3) is 15.7 Å². The second kappa shape index (κ2) is 11.0. The van der Waals surface area contributed by atoms with E-state index in [4.69, 9.17) is 16.3 Å². The normalized spacial score (nSPS) is 18.1. The quantitative estimate of drug-likeness (QED) is 0.315. The molecular formula is C25H21ClFN3O8S. The molecule has 1 amide bonds. The topological polar surface area (TPSA) is 147 Å².